The van der Waals surface area contributed by atoms with Crippen molar-refractivity contribution in [3.63, 3.8) is 0 Å². The van der Waals surface area contributed by atoms with Gasteiger partial charge in [-0.05, 0) is 30.9 Å². The molecule has 2 aliphatic rings. The maximum Gasteiger partial charge on any atom is 0.227 e. The van der Waals surface area contributed by atoms with Gasteiger partial charge < -0.3 is 14.8 Å². The standard InChI is InChI=1S/C19H27NO3/c1-12(2)16-19(3,4)11-22-18(23-16)14-6-5-7-15(10-14)20-17(21)13-8-9-13/h5-7,10,12-13,16,18H,8-9,11H2,1-4H3,(H,20,21)/t16-,18-/m1/s1. The third kappa shape index (κ3) is 3.75. The third-order valence-electron chi connectivity index (χ3n) is 4.63. The van der Waals surface area contributed by atoms with Crippen molar-refractivity contribution in [2.24, 2.45) is 17.3 Å². The number of carbonyl (C=O) groups is 1. The summed E-state index contributed by atoms with van der Waals surface area (Å²) in [6, 6.07) is 7.80. The van der Waals surface area contributed by atoms with Crippen LogP contribution in [0.5, 0.6) is 0 Å². The van der Waals surface area contributed by atoms with Gasteiger partial charge in [0.05, 0.1) is 12.7 Å². The summed E-state index contributed by atoms with van der Waals surface area (Å²) in [5.41, 5.74) is 1.78. The molecule has 1 aromatic rings. The number of ether oxygens (including phenoxy) is 2. The fourth-order valence-corrected chi connectivity index (χ4v) is 3.32. The Kier molecular flexibility index (Phi) is 4.47. The minimum atomic E-state index is -0.367. The fraction of sp³-hybridized carbons (Fsp3) is 0.632. The van der Waals surface area contributed by atoms with E-state index in [2.05, 4.69) is 33.0 Å². The second-order valence-corrected chi connectivity index (χ2v) is 7.82. The van der Waals surface area contributed by atoms with Gasteiger partial charge in [0.25, 0.3) is 0 Å². The molecular weight excluding hydrogens is 290 g/mol. The van der Waals surface area contributed by atoms with Gasteiger partial charge >= 0.3 is 0 Å². The average Bonchev–Trinajstić information content (AvgIpc) is 3.31. The van der Waals surface area contributed by atoms with Gasteiger partial charge in [-0.3, -0.25) is 4.79 Å². The predicted molar refractivity (Wildman–Crippen MR) is 90.0 cm³/mol. The maximum absolute atomic E-state index is 11.9. The highest BCUT2D eigenvalue weighted by atomic mass is 16.7. The van der Waals surface area contributed by atoms with Gasteiger partial charge in [0.1, 0.15) is 0 Å². The molecule has 1 amide bonds. The third-order valence-corrected chi connectivity index (χ3v) is 4.63. The second kappa shape index (κ2) is 6.25. The lowest BCUT2D eigenvalue weighted by Gasteiger charge is -2.44. The fourth-order valence-electron chi connectivity index (χ4n) is 3.32. The van der Waals surface area contributed by atoms with E-state index in [9.17, 15) is 4.79 Å². The van der Waals surface area contributed by atoms with Gasteiger partial charge in [-0.25, -0.2) is 0 Å². The SMILES string of the molecule is CC(C)[C@H]1O[C@H](c2cccc(NC(=O)C3CC3)c2)OCC1(C)C. The van der Waals surface area contributed by atoms with Crippen LogP contribution in [0.4, 0.5) is 5.69 Å². The quantitative estimate of drug-likeness (QED) is 0.908. The highest BCUT2D eigenvalue weighted by Gasteiger charge is 2.40. The zero-order valence-electron chi connectivity index (χ0n) is 14.5. The van der Waals surface area contributed by atoms with Gasteiger partial charge in [0.2, 0.25) is 5.91 Å². The van der Waals surface area contributed by atoms with Gasteiger partial charge in [-0.2, -0.15) is 0 Å². The van der Waals surface area contributed by atoms with Crippen molar-refractivity contribution in [3.05, 3.63) is 29.8 Å². The first-order chi connectivity index (χ1) is 10.9. The van der Waals surface area contributed by atoms with E-state index in [1.165, 1.54) is 0 Å². The summed E-state index contributed by atoms with van der Waals surface area (Å²) in [6.45, 7) is 9.39. The molecule has 1 heterocycles. The average molecular weight is 317 g/mol. The van der Waals surface area contributed by atoms with Crippen LogP contribution < -0.4 is 5.32 Å². The predicted octanol–water partition coefficient (Wildman–Crippen LogP) is 4.13. The molecule has 3 rings (SSSR count). The lowest BCUT2D eigenvalue weighted by Crippen LogP contribution is -2.45. The molecule has 126 valence electrons. The van der Waals surface area contributed by atoms with Crippen LogP contribution in [0, 0.1) is 17.3 Å². The van der Waals surface area contributed by atoms with E-state index in [1.807, 2.05) is 24.3 Å². The number of benzene rings is 1. The first-order valence-corrected chi connectivity index (χ1v) is 8.55. The van der Waals surface area contributed by atoms with E-state index < -0.39 is 0 Å². The molecule has 0 aromatic heterocycles. The van der Waals surface area contributed by atoms with Crippen molar-refractivity contribution in [3.8, 4) is 0 Å². The maximum atomic E-state index is 11.9. The lowest BCUT2D eigenvalue weighted by molar-refractivity contribution is -0.274. The summed E-state index contributed by atoms with van der Waals surface area (Å²) < 4.78 is 12.2. The molecule has 0 spiro atoms. The highest BCUT2D eigenvalue weighted by Crippen LogP contribution is 2.40. The van der Waals surface area contributed by atoms with Crippen molar-refractivity contribution in [1.29, 1.82) is 0 Å². The molecule has 4 heteroatoms. The Balaban J connectivity index is 1.72. The van der Waals surface area contributed by atoms with Crippen LogP contribution in [0.1, 0.15) is 52.4 Å². The molecule has 2 atom stereocenters. The zero-order valence-corrected chi connectivity index (χ0v) is 14.5. The van der Waals surface area contributed by atoms with Crippen molar-refractivity contribution in [1.82, 2.24) is 0 Å². The molecular formula is C19H27NO3. The highest BCUT2D eigenvalue weighted by molar-refractivity contribution is 5.94. The van der Waals surface area contributed by atoms with Crippen LogP contribution in [0.2, 0.25) is 0 Å². The van der Waals surface area contributed by atoms with Crippen LogP contribution in [0.3, 0.4) is 0 Å². The van der Waals surface area contributed by atoms with E-state index in [4.69, 9.17) is 9.47 Å². The minimum absolute atomic E-state index is 0.00245. The molecule has 1 aliphatic heterocycles. The molecule has 2 fully saturated rings. The Labute approximate surface area is 138 Å². The Morgan fingerprint density at radius 3 is 2.70 bits per heavy atom. The Morgan fingerprint density at radius 1 is 1.30 bits per heavy atom. The number of hydrogen-bond donors (Lipinski definition) is 1. The topological polar surface area (TPSA) is 47.6 Å². The van der Waals surface area contributed by atoms with Crippen LogP contribution in [0.25, 0.3) is 0 Å². The second-order valence-electron chi connectivity index (χ2n) is 7.82. The van der Waals surface area contributed by atoms with Crippen molar-refractivity contribution >= 4 is 11.6 Å². The van der Waals surface area contributed by atoms with E-state index in [0.29, 0.717) is 12.5 Å². The minimum Gasteiger partial charge on any atom is -0.348 e. The largest absolute Gasteiger partial charge is 0.348 e. The van der Waals surface area contributed by atoms with Gasteiger partial charge in [-0.1, -0.05) is 39.8 Å². The summed E-state index contributed by atoms with van der Waals surface area (Å²) >= 11 is 0. The molecule has 23 heavy (non-hydrogen) atoms. The normalized spacial score (nSPS) is 27.0. The molecule has 0 bridgehead atoms. The van der Waals surface area contributed by atoms with Crippen molar-refractivity contribution in [2.75, 3.05) is 11.9 Å². The molecule has 1 aliphatic carbocycles. The van der Waals surface area contributed by atoms with Gasteiger partial charge in [-0.15, -0.1) is 0 Å². The Bertz CT molecular complexity index is 578. The van der Waals surface area contributed by atoms with Crippen LogP contribution in [-0.4, -0.2) is 18.6 Å². The number of hydrogen-bond acceptors (Lipinski definition) is 3. The zero-order chi connectivity index (χ0) is 16.6. The summed E-state index contributed by atoms with van der Waals surface area (Å²) in [6.07, 6.45) is 1.79. The van der Waals surface area contributed by atoms with Crippen molar-refractivity contribution in [2.45, 2.75) is 52.9 Å². The number of carbonyl (C=O) groups excluding carboxylic acids is 1. The van der Waals surface area contributed by atoms with Crippen molar-refractivity contribution < 1.29 is 14.3 Å². The molecule has 1 saturated heterocycles. The summed E-state index contributed by atoms with van der Waals surface area (Å²) in [5, 5.41) is 2.98. The Hall–Kier alpha value is -1.39. The Morgan fingerprint density at radius 2 is 2.04 bits per heavy atom. The summed E-state index contributed by atoms with van der Waals surface area (Å²) in [7, 11) is 0. The van der Waals surface area contributed by atoms with E-state index in [0.717, 1.165) is 24.1 Å². The first kappa shape index (κ1) is 16.5. The molecule has 1 aromatic carbocycles. The monoisotopic (exact) mass is 317 g/mol. The number of anilines is 1. The van der Waals surface area contributed by atoms with Crippen LogP contribution in [0.15, 0.2) is 24.3 Å². The van der Waals surface area contributed by atoms with Crippen LogP contribution >= 0.6 is 0 Å². The molecule has 0 radical (unpaired) electrons. The number of amides is 1. The number of rotatable bonds is 4. The summed E-state index contributed by atoms with van der Waals surface area (Å²) in [5.74, 6) is 0.745. The smallest absolute Gasteiger partial charge is 0.227 e. The van der Waals surface area contributed by atoms with Gasteiger partial charge in [0.15, 0.2) is 6.29 Å². The van der Waals surface area contributed by atoms with E-state index in [1.54, 1.807) is 0 Å². The first-order valence-electron chi connectivity index (χ1n) is 8.55. The van der Waals surface area contributed by atoms with E-state index >= 15 is 0 Å². The summed E-state index contributed by atoms with van der Waals surface area (Å²) in [4.78, 5) is 11.9. The molecule has 1 N–H and O–H groups in total. The molecule has 4 nitrogen and oxygen atoms in total. The molecule has 1 saturated carbocycles. The lowest BCUT2D eigenvalue weighted by atomic mass is 9.80. The van der Waals surface area contributed by atoms with Crippen LogP contribution in [-0.2, 0) is 14.3 Å². The molecule has 0 unspecified atom stereocenters. The number of nitrogens with one attached hydrogen (secondary N) is 1. The van der Waals surface area contributed by atoms with E-state index in [-0.39, 0.29) is 29.6 Å². The van der Waals surface area contributed by atoms with Gasteiger partial charge in [0, 0.05) is 22.6 Å².